The van der Waals surface area contributed by atoms with Gasteiger partial charge in [-0.15, -0.1) is 0 Å². The maximum absolute atomic E-state index is 6.49. The molecule has 0 spiro atoms. The molecular formula is C16H22ClN3. The monoisotopic (exact) mass is 291 g/mol. The van der Waals surface area contributed by atoms with E-state index in [1.54, 1.807) is 0 Å². The molecule has 0 amide bonds. The fraction of sp³-hybridized carbons (Fsp3) is 0.438. The molecule has 2 aromatic rings. The number of rotatable bonds is 6. The molecule has 3 nitrogen and oxygen atoms in total. The number of nitrogens with zero attached hydrogens (tertiary/aromatic N) is 2. The van der Waals surface area contributed by atoms with Crippen LogP contribution in [0, 0.1) is 0 Å². The Morgan fingerprint density at radius 1 is 1.25 bits per heavy atom. The summed E-state index contributed by atoms with van der Waals surface area (Å²) >= 11 is 6.49. The summed E-state index contributed by atoms with van der Waals surface area (Å²) in [4.78, 5) is 0. The lowest BCUT2D eigenvalue weighted by Crippen LogP contribution is -2.20. The first-order valence-electron chi connectivity index (χ1n) is 7.17. The lowest BCUT2D eigenvalue weighted by Gasteiger charge is -2.17. The van der Waals surface area contributed by atoms with Crippen molar-refractivity contribution in [1.29, 1.82) is 0 Å². The van der Waals surface area contributed by atoms with Crippen molar-refractivity contribution in [3.05, 3.63) is 52.3 Å². The van der Waals surface area contributed by atoms with Crippen molar-refractivity contribution in [3.63, 3.8) is 0 Å². The zero-order chi connectivity index (χ0) is 14.5. The first-order chi connectivity index (χ1) is 9.71. The van der Waals surface area contributed by atoms with E-state index >= 15 is 0 Å². The van der Waals surface area contributed by atoms with Gasteiger partial charge in [0.1, 0.15) is 0 Å². The minimum atomic E-state index is 0.250. The van der Waals surface area contributed by atoms with Crippen molar-refractivity contribution in [2.45, 2.75) is 39.3 Å². The molecule has 0 bridgehead atoms. The average Bonchev–Trinajstić information content (AvgIpc) is 2.81. The van der Waals surface area contributed by atoms with Crippen molar-refractivity contribution >= 4 is 11.6 Å². The highest BCUT2D eigenvalue weighted by Crippen LogP contribution is 2.26. The number of hydrogen-bond donors (Lipinski definition) is 1. The van der Waals surface area contributed by atoms with E-state index in [0.717, 1.165) is 35.8 Å². The Balaban J connectivity index is 2.30. The molecule has 1 heterocycles. The molecule has 1 atom stereocenters. The molecule has 0 aliphatic carbocycles. The minimum Gasteiger partial charge on any atom is -0.313 e. The summed E-state index contributed by atoms with van der Waals surface area (Å²) in [6.45, 7) is 5.04. The normalized spacial score (nSPS) is 12.6. The molecule has 4 heteroatoms. The Morgan fingerprint density at radius 3 is 2.50 bits per heavy atom. The molecule has 20 heavy (non-hydrogen) atoms. The van der Waals surface area contributed by atoms with Crippen LogP contribution in [-0.4, -0.2) is 16.8 Å². The van der Waals surface area contributed by atoms with Crippen LogP contribution >= 0.6 is 11.6 Å². The maximum Gasteiger partial charge on any atom is 0.0850 e. The van der Waals surface area contributed by atoms with Crippen molar-refractivity contribution in [1.82, 2.24) is 15.1 Å². The molecular weight excluding hydrogens is 270 g/mol. The van der Waals surface area contributed by atoms with Crippen LogP contribution in [0.2, 0.25) is 5.02 Å². The predicted molar refractivity (Wildman–Crippen MR) is 84.2 cm³/mol. The number of likely N-dealkylation sites (N-methyl/N-ethyl adjacent to an activating group) is 1. The zero-order valence-corrected chi connectivity index (χ0v) is 13.1. The molecule has 1 unspecified atom stereocenters. The Bertz CT molecular complexity index is 548. The third-order valence-electron chi connectivity index (χ3n) is 3.64. The number of hydrogen-bond acceptors (Lipinski definition) is 2. The van der Waals surface area contributed by atoms with Gasteiger partial charge in [0.25, 0.3) is 0 Å². The van der Waals surface area contributed by atoms with E-state index in [0.29, 0.717) is 0 Å². The molecule has 0 radical (unpaired) electrons. The lowest BCUT2D eigenvalue weighted by atomic mass is 10.0. The quantitative estimate of drug-likeness (QED) is 0.881. The number of nitrogens with one attached hydrogen (secondary N) is 1. The first-order valence-corrected chi connectivity index (χ1v) is 7.55. The number of aryl methyl sites for hydroxylation is 2. The SMILES string of the molecule is CCc1nn(CC)c(CC(NC)c2ccccc2)c1Cl. The molecule has 2 rings (SSSR count). The van der Waals surface area contributed by atoms with Crippen LogP contribution in [0.5, 0.6) is 0 Å². The van der Waals surface area contributed by atoms with Crippen molar-refractivity contribution in [2.24, 2.45) is 0 Å². The van der Waals surface area contributed by atoms with E-state index in [9.17, 15) is 0 Å². The van der Waals surface area contributed by atoms with Crippen LogP contribution < -0.4 is 5.32 Å². The Hall–Kier alpha value is -1.32. The molecule has 1 aromatic carbocycles. The summed E-state index contributed by atoms with van der Waals surface area (Å²) in [7, 11) is 1.99. The topological polar surface area (TPSA) is 29.9 Å². The summed E-state index contributed by atoms with van der Waals surface area (Å²) in [5, 5.41) is 8.78. The second-order valence-corrected chi connectivity index (χ2v) is 5.21. The second kappa shape index (κ2) is 6.91. The van der Waals surface area contributed by atoms with E-state index in [4.69, 9.17) is 11.6 Å². The summed E-state index contributed by atoms with van der Waals surface area (Å²) < 4.78 is 2.02. The second-order valence-electron chi connectivity index (χ2n) is 4.83. The van der Waals surface area contributed by atoms with E-state index < -0.39 is 0 Å². The first kappa shape index (κ1) is 15.1. The van der Waals surface area contributed by atoms with Gasteiger partial charge in [0.2, 0.25) is 0 Å². The Kier molecular flexibility index (Phi) is 5.21. The highest BCUT2D eigenvalue weighted by atomic mass is 35.5. The fourth-order valence-corrected chi connectivity index (χ4v) is 2.82. The highest BCUT2D eigenvalue weighted by molar-refractivity contribution is 6.31. The van der Waals surface area contributed by atoms with Gasteiger partial charge in [-0.05, 0) is 26.0 Å². The molecule has 0 aliphatic heterocycles. The molecule has 0 aliphatic rings. The van der Waals surface area contributed by atoms with Gasteiger partial charge in [0.15, 0.2) is 0 Å². The maximum atomic E-state index is 6.49. The number of halogens is 1. The summed E-state index contributed by atoms with van der Waals surface area (Å²) in [5.41, 5.74) is 3.38. The smallest absolute Gasteiger partial charge is 0.0850 e. The third kappa shape index (κ3) is 3.05. The summed E-state index contributed by atoms with van der Waals surface area (Å²) in [6.07, 6.45) is 1.72. The van der Waals surface area contributed by atoms with E-state index in [1.165, 1.54) is 5.56 Å². The van der Waals surface area contributed by atoms with Gasteiger partial charge in [-0.25, -0.2) is 0 Å². The van der Waals surface area contributed by atoms with Gasteiger partial charge in [-0.2, -0.15) is 5.10 Å². The third-order valence-corrected chi connectivity index (χ3v) is 4.08. The van der Waals surface area contributed by atoms with Crippen molar-refractivity contribution < 1.29 is 0 Å². The lowest BCUT2D eigenvalue weighted by molar-refractivity contribution is 0.540. The zero-order valence-electron chi connectivity index (χ0n) is 12.4. The van der Waals surface area contributed by atoms with Gasteiger partial charge in [0.05, 0.1) is 16.4 Å². The molecule has 0 saturated heterocycles. The van der Waals surface area contributed by atoms with Crippen LogP contribution in [0.15, 0.2) is 30.3 Å². The van der Waals surface area contributed by atoms with Gasteiger partial charge in [-0.3, -0.25) is 4.68 Å². The van der Waals surface area contributed by atoms with Crippen LogP contribution in [0.25, 0.3) is 0 Å². The number of aromatic nitrogens is 2. The summed E-state index contributed by atoms with van der Waals surface area (Å²) in [5.74, 6) is 0. The highest BCUT2D eigenvalue weighted by Gasteiger charge is 2.18. The standard InChI is InChI=1S/C16H22ClN3/c1-4-13-16(17)15(20(5-2)19-13)11-14(18-3)12-9-7-6-8-10-12/h6-10,14,18H,4-5,11H2,1-3H3. The van der Waals surface area contributed by atoms with Gasteiger partial charge in [0, 0.05) is 19.0 Å². The molecule has 0 saturated carbocycles. The Morgan fingerprint density at radius 2 is 1.95 bits per heavy atom. The van der Waals surface area contributed by atoms with Crippen LogP contribution in [0.1, 0.15) is 36.8 Å². The van der Waals surface area contributed by atoms with Gasteiger partial charge < -0.3 is 5.32 Å². The van der Waals surface area contributed by atoms with E-state index in [1.807, 2.05) is 17.8 Å². The predicted octanol–water partition coefficient (Wildman–Crippen LogP) is 3.62. The minimum absolute atomic E-state index is 0.250. The molecule has 1 aromatic heterocycles. The molecule has 1 N–H and O–H groups in total. The van der Waals surface area contributed by atoms with E-state index in [-0.39, 0.29) is 6.04 Å². The summed E-state index contributed by atoms with van der Waals surface area (Å²) in [6, 6.07) is 10.7. The fourth-order valence-electron chi connectivity index (χ4n) is 2.48. The van der Waals surface area contributed by atoms with E-state index in [2.05, 4.69) is 48.5 Å². The van der Waals surface area contributed by atoms with Crippen molar-refractivity contribution in [2.75, 3.05) is 7.05 Å². The molecule has 108 valence electrons. The average molecular weight is 292 g/mol. The van der Waals surface area contributed by atoms with Crippen LogP contribution in [-0.2, 0) is 19.4 Å². The molecule has 0 fully saturated rings. The van der Waals surface area contributed by atoms with Gasteiger partial charge in [-0.1, -0.05) is 48.9 Å². The van der Waals surface area contributed by atoms with Gasteiger partial charge >= 0.3 is 0 Å². The Labute approximate surface area is 126 Å². The van der Waals surface area contributed by atoms with Crippen LogP contribution in [0.4, 0.5) is 0 Å². The van der Waals surface area contributed by atoms with Crippen molar-refractivity contribution in [3.8, 4) is 0 Å². The number of benzene rings is 1. The van der Waals surface area contributed by atoms with Crippen LogP contribution in [0.3, 0.4) is 0 Å². The largest absolute Gasteiger partial charge is 0.313 e.